The Bertz CT molecular complexity index is 1050. The molecule has 0 bridgehead atoms. The maximum absolute atomic E-state index is 13.3. The van der Waals surface area contributed by atoms with Gasteiger partial charge in [-0.1, -0.05) is 12.1 Å². The molecule has 1 aromatic heterocycles. The van der Waals surface area contributed by atoms with Crippen LogP contribution in [-0.2, 0) is 17.9 Å². The average Bonchev–Trinajstić information content (AvgIpc) is 3.06. The number of hydrogen-bond donors (Lipinski definition) is 1. The van der Waals surface area contributed by atoms with Gasteiger partial charge in [0.15, 0.2) is 0 Å². The summed E-state index contributed by atoms with van der Waals surface area (Å²) in [5.74, 6) is -0.219. The van der Waals surface area contributed by atoms with Crippen LogP contribution in [0.5, 0.6) is 0 Å². The Morgan fingerprint density at radius 2 is 2.00 bits per heavy atom. The minimum Gasteiger partial charge on any atom is -0.351 e. The third kappa shape index (κ3) is 4.82. The monoisotopic (exact) mass is 460 g/mol. The lowest BCUT2D eigenvalue weighted by Crippen LogP contribution is -2.32. The van der Waals surface area contributed by atoms with Gasteiger partial charge < -0.3 is 14.8 Å². The van der Waals surface area contributed by atoms with Crippen molar-refractivity contribution >= 4 is 38.8 Å². The Hall–Kier alpha value is -2.74. The fraction of sp³-hybridized carbons (Fsp3) is 0.286. The van der Waals surface area contributed by atoms with E-state index in [1.807, 2.05) is 31.2 Å². The molecule has 0 radical (unpaired) electrons. The molecule has 0 aliphatic rings. The summed E-state index contributed by atoms with van der Waals surface area (Å²) in [5.41, 5.74) is 2.14. The standard InChI is InChI=1S/C21H22BrFN4O2/c1-3-27-18-7-5-4-6-17(18)25-19(27)13-26(2)20(28)10-11-24-21(29)15-12-14(23)8-9-16(15)22/h4-9,12H,3,10-11,13H2,1-2H3,(H,24,29). The number of benzene rings is 2. The van der Waals surface area contributed by atoms with E-state index < -0.39 is 11.7 Å². The minimum atomic E-state index is -0.493. The zero-order chi connectivity index (χ0) is 21.0. The lowest BCUT2D eigenvalue weighted by molar-refractivity contribution is -0.130. The van der Waals surface area contributed by atoms with E-state index in [9.17, 15) is 14.0 Å². The Labute approximate surface area is 176 Å². The molecule has 0 aliphatic carbocycles. The first-order valence-corrected chi connectivity index (χ1v) is 10.1. The molecule has 0 saturated carbocycles. The van der Waals surface area contributed by atoms with Crippen LogP contribution in [0.1, 0.15) is 29.5 Å². The number of nitrogens with zero attached hydrogens (tertiary/aromatic N) is 3. The molecule has 0 atom stereocenters. The number of aryl methyl sites for hydroxylation is 1. The van der Waals surface area contributed by atoms with Gasteiger partial charge >= 0.3 is 0 Å². The number of carbonyl (C=O) groups is 2. The highest BCUT2D eigenvalue weighted by molar-refractivity contribution is 9.10. The van der Waals surface area contributed by atoms with E-state index >= 15 is 0 Å². The van der Waals surface area contributed by atoms with Gasteiger partial charge in [0.2, 0.25) is 5.91 Å². The minimum absolute atomic E-state index is 0.113. The number of hydrogen-bond acceptors (Lipinski definition) is 3. The summed E-state index contributed by atoms with van der Waals surface area (Å²) in [4.78, 5) is 30.9. The fourth-order valence-corrected chi connectivity index (χ4v) is 3.57. The molecule has 2 aromatic carbocycles. The van der Waals surface area contributed by atoms with Crippen molar-refractivity contribution in [2.45, 2.75) is 26.4 Å². The topological polar surface area (TPSA) is 67.2 Å². The third-order valence-electron chi connectivity index (χ3n) is 4.65. The highest BCUT2D eigenvalue weighted by Crippen LogP contribution is 2.18. The molecular weight excluding hydrogens is 439 g/mol. The largest absolute Gasteiger partial charge is 0.351 e. The highest BCUT2D eigenvalue weighted by atomic mass is 79.9. The van der Waals surface area contributed by atoms with Crippen molar-refractivity contribution in [2.75, 3.05) is 13.6 Å². The van der Waals surface area contributed by atoms with Crippen molar-refractivity contribution in [3.05, 3.63) is 64.1 Å². The van der Waals surface area contributed by atoms with Gasteiger partial charge in [-0.2, -0.15) is 0 Å². The number of amides is 2. The van der Waals surface area contributed by atoms with Crippen LogP contribution in [0.2, 0.25) is 0 Å². The molecule has 29 heavy (non-hydrogen) atoms. The molecule has 1 heterocycles. The van der Waals surface area contributed by atoms with E-state index in [0.717, 1.165) is 29.5 Å². The van der Waals surface area contributed by atoms with Gasteiger partial charge in [-0.25, -0.2) is 9.37 Å². The molecule has 6 nitrogen and oxygen atoms in total. The maximum Gasteiger partial charge on any atom is 0.252 e. The van der Waals surface area contributed by atoms with Crippen LogP contribution >= 0.6 is 15.9 Å². The number of aromatic nitrogens is 2. The highest BCUT2D eigenvalue weighted by Gasteiger charge is 2.16. The van der Waals surface area contributed by atoms with Gasteiger partial charge in [-0.3, -0.25) is 9.59 Å². The first kappa shape index (κ1) is 21.0. The van der Waals surface area contributed by atoms with Crippen LogP contribution in [0.4, 0.5) is 4.39 Å². The summed E-state index contributed by atoms with van der Waals surface area (Å²) in [5, 5.41) is 2.66. The third-order valence-corrected chi connectivity index (χ3v) is 5.34. The summed E-state index contributed by atoms with van der Waals surface area (Å²) in [6.07, 6.45) is 0.140. The van der Waals surface area contributed by atoms with Crippen molar-refractivity contribution in [1.29, 1.82) is 0 Å². The smallest absolute Gasteiger partial charge is 0.252 e. The van der Waals surface area contributed by atoms with Crippen molar-refractivity contribution in [3.63, 3.8) is 0 Å². The van der Waals surface area contributed by atoms with E-state index in [4.69, 9.17) is 0 Å². The number of nitrogens with one attached hydrogen (secondary N) is 1. The predicted molar refractivity (Wildman–Crippen MR) is 113 cm³/mol. The van der Waals surface area contributed by atoms with Crippen molar-refractivity contribution in [3.8, 4) is 0 Å². The van der Waals surface area contributed by atoms with Crippen LogP contribution in [-0.4, -0.2) is 39.9 Å². The zero-order valence-corrected chi connectivity index (χ0v) is 17.9. The number of imidazole rings is 1. The van der Waals surface area contributed by atoms with Gasteiger partial charge in [0.25, 0.3) is 5.91 Å². The molecule has 0 fully saturated rings. The Morgan fingerprint density at radius 3 is 2.76 bits per heavy atom. The van der Waals surface area contributed by atoms with E-state index in [-0.39, 0.29) is 24.4 Å². The second-order valence-electron chi connectivity index (χ2n) is 6.64. The molecule has 8 heteroatoms. The average molecular weight is 461 g/mol. The molecule has 2 amide bonds. The van der Waals surface area contributed by atoms with Crippen molar-refractivity contribution < 1.29 is 14.0 Å². The lowest BCUT2D eigenvalue weighted by atomic mass is 10.2. The normalized spacial score (nSPS) is 10.9. The van der Waals surface area contributed by atoms with Crippen LogP contribution in [0.3, 0.4) is 0 Å². The quantitative estimate of drug-likeness (QED) is 0.583. The number of rotatable bonds is 7. The number of halogens is 2. The second kappa shape index (κ2) is 9.17. The zero-order valence-electron chi connectivity index (χ0n) is 16.3. The summed E-state index contributed by atoms with van der Waals surface area (Å²) < 4.78 is 15.9. The molecule has 152 valence electrons. The predicted octanol–water partition coefficient (Wildman–Crippen LogP) is 3.74. The number of para-hydroxylation sites is 2. The molecule has 0 unspecified atom stereocenters. The van der Waals surface area contributed by atoms with E-state index in [1.54, 1.807) is 11.9 Å². The first-order valence-electron chi connectivity index (χ1n) is 9.32. The summed E-state index contributed by atoms with van der Waals surface area (Å²) in [7, 11) is 1.71. The van der Waals surface area contributed by atoms with Gasteiger partial charge in [0, 0.05) is 31.0 Å². The second-order valence-corrected chi connectivity index (χ2v) is 7.50. The number of fused-ring (bicyclic) bond motifs is 1. The Morgan fingerprint density at radius 1 is 1.24 bits per heavy atom. The Kier molecular flexibility index (Phi) is 6.64. The molecule has 1 N–H and O–H groups in total. The first-order chi connectivity index (χ1) is 13.9. The number of carbonyl (C=O) groups excluding carboxylic acids is 2. The van der Waals surface area contributed by atoms with Crippen LogP contribution in [0.25, 0.3) is 11.0 Å². The Balaban J connectivity index is 1.57. The van der Waals surface area contributed by atoms with E-state index in [1.165, 1.54) is 12.1 Å². The summed E-state index contributed by atoms with van der Waals surface area (Å²) >= 11 is 3.23. The molecule has 0 spiro atoms. The van der Waals surface area contributed by atoms with E-state index in [2.05, 4.69) is 30.8 Å². The summed E-state index contributed by atoms with van der Waals surface area (Å²) in [6.45, 7) is 3.34. The van der Waals surface area contributed by atoms with Gasteiger partial charge in [-0.15, -0.1) is 0 Å². The lowest BCUT2D eigenvalue weighted by Gasteiger charge is -2.18. The van der Waals surface area contributed by atoms with Gasteiger partial charge in [0.1, 0.15) is 11.6 Å². The van der Waals surface area contributed by atoms with Gasteiger partial charge in [0.05, 0.1) is 23.1 Å². The maximum atomic E-state index is 13.3. The van der Waals surface area contributed by atoms with Crippen molar-refractivity contribution in [2.24, 2.45) is 0 Å². The SMILES string of the molecule is CCn1c(CN(C)C(=O)CCNC(=O)c2cc(F)ccc2Br)nc2ccccc21. The van der Waals surface area contributed by atoms with Crippen LogP contribution in [0, 0.1) is 5.82 Å². The molecule has 3 aromatic rings. The summed E-state index contributed by atoms with van der Waals surface area (Å²) in [6, 6.07) is 11.8. The molecular formula is C21H22BrFN4O2. The molecule has 0 saturated heterocycles. The van der Waals surface area contributed by atoms with Crippen LogP contribution < -0.4 is 5.32 Å². The molecule has 3 rings (SSSR count). The van der Waals surface area contributed by atoms with Gasteiger partial charge in [-0.05, 0) is 53.2 Å². The van der Waals surface area contributed by atoms with E-state index in [0.29, 0.717) is 11.0 Å². The molecule has 0 aliphatic heterocycles. The van der Waals surface area contributed by atoms with Crippen LogP contribution in [0.15, 0.2) is 46.9 Å². The van der Waals surface area contributed by atoms with Crippen molar-refractivity contribution in [1.82, 2.24) is 19.8 Å². The fourth-order valence-electron chi connectivity index (χ4n) is 3.14.